The van der Waals surface area contributed by atoms with E-state index in [0.29, 0.717) is 25.1 Å². The topological polar surface area (TPSA) is 58.6 Å². The van der Waals surface area contributed by atoms with Crippen molar-refractivity contribution in [2.24, 2.45) is 0 Å². The molecule has 0 saturated heterocycles. The van der Waals surface area contributed by atoms with Gasteiger partial charge in [0, 0.05) is 18.7 Å². The monoisotopic (exact) mass is 470 g/mol. The number of hydrogen-bond donors (Lipinski definition) is 1. The first-order chi connectivity index (χ1) is 16.9. The van der Waals surface area contributed by atoms with Gasteiger partial charge in [-0.05, 0) is 67.6 Å². The van der Waals surface area contributed by atoms with Crippen LogP contribution in [0.2, 0.25) is 0 Å². The van der Waals surface area contributed by atoms with Crippen LogP contribution in [0.15, 0.2) is 66.7 Å². The molecule has 2 amide bonds. The van der Waals surface area contributed by atoms with Crippen LogP contribution in [-0.4, -0.2) is 29.4 Å². The van der Waals surface area contributed by atoms with E-state index in [1.807, 2.05) is 62.1 Å². The largest absolute Gasteiger partial charge is 0.481 e. The number of carbonyl (C=O) groups is 2. The molecule has 2 atom stereocenters. The van der Waals surface area contributed by atoms with E-state index in [0.717, 1.165) is 28.8 Å². The van der Waals surface area contributed by atoms with E-state index < -0.39 is 6.10 Å². The zero-order valence-corrected chi connectivity index (χ0v) is 21.0. The first-order valence-corrected chi connectivity index (χ1v) is 12.4. The van der Waals surface area contributed by atoms with Gasteiger partial charge in [0.15, 0.2) is 6.10 Å². The number of benzene rings is 3. The molecule has 0 radical (unpaired) electrons. The van der Waals surface area contributed by atoms with Crippen molar-refractivity contribution in [2.75, 3.05) is 11.9 Å². The molecular formula is C30H34N2O3. The van der Waals surface area contributed by atoms with Gasteiger partial charge < -0.3 is 15.0 Å². The summed E-state index contributed by atoms with van der Waals surface area (Å²) in [7, 11) is 0. The molecule has 4 rings (SSSR count). The third kappa shape index (κ3) is 5.56. The molecule has 3 aromatic rings. The normalized spacial score (nSPS) is 15.8. The number of anilines is 1. The lowest BCUT2D eigenvalue weighted by Crippen LogP contribution is -2.40. The van der Waals surface area contributed by atoms with Gasteiger partial charge in [-0.15, -0.1) is 0 Å². The minimum absolute atomic E-state index is 0.136. The number of ether oxygens (including phenoxy) is 1. The van der Waals surface area contributed by atoms with Crippen LogP contribution in [0.4, 0.5) is 5.69 Å². The van der Waals surface area contributed by atoms with Crippen molar-refractivity contribution in [1.82, 2.24) is 4.90 Å². The van der Waals surface area contributed by atoms with Crippen LogP contribution in [0.1, 0.15) is 60.5 Å². The van der Waals surface area contributed by atoms with Crippen molar-refractivity contribution >= 4 is 17.5 Å². The van der Waals surface area contributed by atoms with E-state index in [9.17, 15) is 9.59 Å². The molecule has 0 bridgehead atoms. The standard InChI is InChI=1S/C30H34N2O3/c1-5-27(30(34)31-24-14-9-21(4)10-15-24)35-25-16-13-22-17-18-32(28(33)6-2)29(26(22)19-25)23-11-7-20(3)8-12-23/h7-16,19,27,29H,5-6,17-18H2,1-4H3,(H,31,34)/t27-,29+/m0/s1. The van der Waals surface area contributed by atoms with Crippen LogP contribution in [-0.2, 0) is 16.0 Å². The Bertz CT molecular complexity index is 1190. The first kappa shape index (κ1) is 24.5. The van der Waals surface area contributed by atoms with E-state index in [2.05, 4.69) is 42.6 Å². The third-order valence-corrected chi connectivity index (χ3v) is 6.62. The lowest BCUT2D eigenvalue weighted by molar-refractivity contribution is -0.133. The van der Waals surface area contributed by atoms with E-state index >= 15 is 0 Å². The Kier molecular flexibility index (Phi) is 7.54. The fraction of sp³-hybridized carbons (Fsp3) is 0.333. The third-order valence-electron chi connectivity index (χ3n) is 6.62. The molecule has 0 saturated carbocycles. The molecule has 0 aliphatic carbocycles. The molecule has 0 spiro atoms. The van der Waals surface area contributed by atoms with Gasteiger partial charge in [0.25, 0.3) is 5.91 Å². The molecule has 1 aliphatic rings. The molecule has 35 heavy (non-hydrogen) atoms. The summed E-state index contributed by atoms with van der Waals surface area (Å²) in [5.41, 5.74) is 6.43. The number of amides is 2. The van der Waals surface area contributed by atoms with Crippen molar-refractivity contribution in [3.63, 3.8) is 0 Å². The van der Waals surface area contributed by atoms with E-state index in [1.54, 1.807) is 0 Å². The van der Waals surface area contributed by atoms with Crippen LogP contribution < -0.4 is 10.1 Å². The molecule has 0 unspecified atom stereocenters. The summed E-state index contributed by atoms with van der Waals surface area (Å²) >= 11 is 0. The van der Waals surface area contributed by atoms with Crippen molar-refractivity contribution in [2.45, 2.75) is 59.1 Å². The summed E-state index contributed by atoms with van der Waals surface area (Å²) < 4.78 is 6.20. The predicted molar refractivity (Wildman–Crippen MR) is 140 cm³/mol. The average Bonchev–Trinajstić information content (AvgIpc) is 2.87. The first-order valence-electron chi connectivity index (χ1n) is 12.4. The maximum atomic E-state index is 12.9. The summed E-state index contributed by atoms with van der Waals surface area (Å²) in [6.45, 7) is 8.61. The van der Waals surface area contributed by atoms with Crippen LogP contribution in [0.3, 0.4) is 0 Å². The van der Waals surface area contributed by atoms with E-state index in [4.69, 9.17) is 4.74 Å². The number of nitrogens with zero attached hydrogens (tertiary/aromatic N) is 1. The molecule has 5 nitrogen and oxygen atoms in total. The minimum Gasteiger partial charge on any atom is -0.481 e. The van der Waals surface area contributed by atoms with E-state index in [-0.39, 0.29) is 17.9 Å². The summed E-state index contributed by atoms with van der Waals surface area (Å²) in [5.74, 6) is 0.598. The molecule has 5 heteroatoms. The number of aryl methyl sites for hydroxylation is 2. The second-order valence-corrected chi connectivity index (χ2v) is 9.23. The Morgan fingerprint density at radius 2 is 1.63 bits per heavy atom. The number of fused-ring (bicyclic) bond motifs is 1. The fourth-order valence-electron chi connectivity index (χ4n) is 4.59. The Hall–Kier alpha value is -3.60. The average molecular weight is 471 g/mol. The molecule has 3 aromatic carbocycles. The highest BCUT2D eigenvalue weighted by Crippen LogP contribution is 2.38. The Morgan fingerprint density at radius 1 is 0.971 bits per heavy atom. The van der Waals surface area contributed by atoms with Crippen LogP contribution in [0.25, 0.3) is 0 Å². The summed E-state index contributed by atoms with van der Waals surface area (Å²) in [4.78, 5) is 27.8. The van der Waals surface area contributed by atoms with Crippen molar-refractivity contribution in [1.29, 1.82) is 0 Å². The molecule has 0 fully saturated rings. The summed E-state index contributed by atoms with van der Waals surface area (Å²) in [6.07, 6.45) is 1.18. The zero-order valence-electron chi connectivity index (χ0n) is 21.0. The van der Waals surface area contributed by atoms with Gasteiger partial charge in [0.1, 0.15) is 5.75 Å². The summed E-state index contributed by atoms with van der Waals surface area (Å²) in [5, 5.41) is 2.96. The van der Waals surface area contributed by atoms with Gasteiger partial charge in [-0.25, -0.2) is 0 Å². The molecule has 1 aliphatic heterocycles. The Balaban J connectivity index is 1.61. The highest BCUT2D eigenvalue weighted by Gasteiger charge is 2.32. The second kappa shape index (κ2) is 10.8. The lowest BCUT2D eigenvalue weighted by Gasteiger charge is -2.38. The van der Waals surface area contributed by atoms with Gasteiger partial charge in [-0.3, -0.25) is 9.59 Å². The van der Waals surface area contributed by atoms with Crippen LogP contribution in [0.5, 0.6) is 5.75 Å². The van der Waals surface area contributed by atoms with Crippen molar-refractivity contribution in [3.05, 3.63) is 94.5 Å². The number of hydrogen-bond acceptors (Lipinski definition) is 3. The van der Waals surface area contributed by atoms with Crippen LogP contribution in [0, 0.1) is 13.8 Å². The van der Waals surface area contributed by atoms with Gasteiger partial charge >= 0.3 is 0 Å². The molecule has 182 valence electrons. The Labute approximate surface area is 208 Å². The van der Waals surface area contributed by atoms with Gasteiger partial charge in [-0.1, -0.05) is 67.4 Å². The lowest BCUT2D eigenvalue weighted by atomic mass is 9.87. The SMILES string of the molecule is CCC(=O)N1CCc2ccc(O[C@@H](CC)C(=O)Nc3ccc(C)cc3)cc2[C@H]1c1ccc(C)cc1. The second-order valence-electron chi connectivity index (χ2n) is 9.23. The smallest absolute Gasteiger partial charge is 0.265 e. The molecular weight excluding hydrogens is 436 g/mol. The van der Waals surface area contributed by atoms with E-state index in [1.165, 1.54) is 11.1 Å². The number of nitrogens with one attached hydrogen (secondary N) is 1. The van der Waals surface area contributed by atoms with Crippen molar-refractivity contribution in [3.8, 4) is 5.75 Å². The quantitative estimate of drug-likeness (QED) is 0.462. The maximum absolute atomic E-state index is 12.9. The van der Waals surface area contributed by atoms with Gasteiger partial charge in [0.05, 0.1) is 6.04 Å². The number of rotatable bonds is 7. The minimum atomic E-state index is -0.621. The van der Waals surface area contributed by atoms with Crippen LogP contribution >= 0.6 is 0 Å². The van der Waals surface area contributed by atoms with Crippen molar-refractivity contribution < 1.29 is 14.3 Å². The Morgan fingerprint density at radius 3 is 2.26 bits per heavy atom. The highest BCUT2D eigenvalue weighted by molar-refractivity contribution is 5.94. The number of carbonyl (C=O) groups excluding carboxylic acids is 2. The fourth-order valence-corrected chi connectivity index (χ4v) is 4.59. The highest BCUT2D eigenvalue weighted by atomic mass is 16.5. The maximum Gasteiger partial charge on any atom is 0.265 e. The molecule has 0 aromatic heterocycles. The summed E-state index contributed by atoms with van der Waals surface area (Å²) in [6, 6.07) is 21.9. The van der Waals surface area contributed by atoms with Gasteiger partial charge in [-0.2, -0.15) is 0 Å². The molecule has 1 heterocycles. The van der Waals surface area contributed by atoms with Gasteiger partial charge in [0.2, 0.25) is 5.91 Å². The predicted octanol–water partition coefficient (Wildman–Crippen LogP) is 5.98. The zero-order chi connectivity index (χ0) is 24.9. The molecule has 1 N–H and O–H groups in total.